The molecule has 0 aliphatic carbocycles. The lowest BCUT2D eigenvalue weighted by molar-refractivity contribution is 0.264. The SMILES string of the molecule is CC(C)N(C)CCn1c(N)nc2cc(I)ccc21. The molecule has 0 fully saturated rings. The summed E-state index contributed by atoms with van der Waals surface area (Å²) < 4.78 is 3.27. The van der Waals surface area contributed by atoms with Gasteiger partial charge in [0.05, 0.1) is 11.0 Å². The van der Waals surface area contributed by atoms with Crippen molar-refractivity contribution in [3.8, 4) is 0 Å². The third kappa shape index (κ3) is 2.77. The van der Waals surface area contributed by atoms with Crippen molar-refractivity contribution in [2.24, 2.45) is 0 Å². The van der Waals surface area contributed by atoms with Gasteiger partial charge >= 0.3 is 0 Å². The van der Waals surface area contributed by atoms with Crippen LogP contribution in [0.5, 0.6) is 0 Å². The zero-order valence-corrected chi connectivity index (χ0v) is 13.2. The topological polar surface area (TPSA) is 47.1 Å². The number of hydrogen-bond donors (Lipinski definition) is 1. The zero-order chi connectivity index (χ0) is 13.3. The molecule has 1 aromatic heterocycles. The standard InChI is InChI=1S/C13H19IN4/c1-9(2)17(3)6-7-18-12-5-4-10(14)8-11(12)16-13(18)15/h4-5,8-9H,6-7H2,1-3H3,(H2,15,16). The molecule has 0 aliphatic heterocycles. The van der Waals surface area contributed by atoms with E-state index in [1.807, 2.05) is 0 Å². The van der Waals surface area contributed by atoms with Gasteiger partial charge in [-0.05, 0) is 61.7 Å². The van der Waals surface area contributed by atoms with E-state index in [2.05, 4.69) is 76.1 Å². The summed E-state index contributed by atoms with van der Waals surface area (Å²) in [6.45, 7) is 6.23. The third-order valence-electron chi connectivity index (χ3n) is 3.30. The quantitative estimate of drug-likeness (QED) is 0.855. The van der Waals surface area contributed by atoms with Gasteiger partial charge in [-0.15, -0.1) is 0 Å². The zero-order valence-electron chi connectivity index (χ0n) is 11.0. The minimum absolute atomic E-state index is 0.543. The highest BCUT2D eigenvalue weighted by molar-refractivity contribution is 14.1. The van der Waals surface area contributed by atoms with Gasteiger partial charge in [-0.2, -0.15) is 0 Å². The maximum atomic E-state index is 6.00. The normalized spacial score (nSPS) is 11.9. The summed E-state index contributed by atoms with van der Waals surface area (Å²) >= 11 is 2.29. The predicted octanol–water partition coefficient (Wildman–Crippen LogP) is 2.56. The van der Waals surface area contributed by atoms with Gasteiger partial charge in [0.2, 0.25) is 5.95 Å². The van der Waals surface area contributed by atoms with Crippen LogP contribution in [0.3, 0.4) is 0 Å². The highest BCUT2D eigenvalue weighted by Gasteiger charge is 2.10. The maximum absolute atomic E-state index is 6.00. The first kappa shape index (κ1) is 13.6. The van der Waals surface area contributed by atoms with Crippen LogP contribution < -0.4 is 5.73 Å². The number of rotatable bonds is 4. The largest absolute Gasteiger partial charge is 0.369 e. The van der Waals surface area contributed by atoms with Crippen molar-refractivity contribution >= 4 is 39.6 Å². The molecule has 1 aromatic carbocycles. The Labute approximate surface area is 121 Å². The molecule has 0 unspecified atom stereocenters. The Hall–Kier alpha value is -0.820. The van der Waals surface area contributed by atoms with Crippen molar-refractivity contribution < 1.29 is 0 Å². The maximum Gasteiger partial charge on any atom is 0.201 e. The number of benzene rings is 1. The van der Waals surface area contributed by atoms with Gasteiger partial charge in [-0.25, -0.2) is 4.98 Å². The number of nitrogens with zero attached hydrogens (tertiary/aromatic N) is 3. The highest BCUT2D eigenvalue weighted by atomic mass is 127. The second kappa shape index (κ2) is 5.44. The van der Waals surface area contributed by atoms with E-state index in [0.29, 0.717) is 12.0 Å². The van der Waals surface area contributed by atoms with E-state index in [9.17, 15) is 0 Å². The van der Waals surface area contributed by atoms with Gasteiger partial charge in [-0.3, -0.25) is 0 Å². The molecule has 0 saturated carbocycles. The molecular formula is C13H19IN4. The fourth-order valence-electron chi connectivity index (χ4n) is 1.87. The van der Waals surface area contributed by atoms with Crippen molar-refractivity contribution in [2.45, 2.75) is 26.4 Å². The lowest BCUT2D eigenvalue weighted by atomic mass is 10.3. The highest BCUT2D eigenvalue weighted by Crippen LogP contribution is 2.20. The van der Waals surface area contributed by atoms with Crippen molar-refractivity contribution in [1.29, 1.82) is 0 Å². The number of imidazole rings is 1. The van der Waals surface area contributed by atoms with Crippen molar-refractivity contribution in [3.05, 3.63) is 21.8 Å². The van der Waals surface area contributed by atoms with Crippen LogP contribution in [0, 0.1) is 3.57 Å². The van der Waals surface area contributed by atoms with Crippen LogP contribution in [0.2, 0.25) is 0 Å². The summed E-state index contributed by atoms with van der Waals surface area (Å²) in [7, 11) is 2.13. The number of halogens is 1. The van der Waals surface area contributed by atoms with E-state index >= 15 is 0 Å². The number of anilines is 1. The van der Waals surface area contributed by atoms with E-state index in [1.54, 1.807) is 0 Å². The lowest BCUT2D eigenvalue weighted by Gasteiger charge is -2.21. The molecule has 2 aromatic rings. The Balaban J connectivity index is 2.25. The van der Waals surface area contributed by atoms with Crippen molar-refractivity contribution in [2.75, 3.05) is 19.3 Å². The van der Waals surface area contributed by atoms with Crippen LogP contribution in [-0.4, -0.2) is 34.1 Å². The average molecular weight is 358 g/mol. The van der Waals surface area contributed by atoms with Crippen molar-refractivity contribution in [1.82, 2.24) is 14.5 Å². The van der Waals surface area contributed by atoms with E-state index in [1.165, 1.54) is 3.57 Å². The summed E-state index contributed by atoms with van der Waals surface area (Å²) in [6.07, 6.45) is 0. The molecular weight excluding hydrogens is 339 g/mol. The van der Waals surface area contributed by atoms with E-state index in [0.717, 1.165) is 24.1 Å². The summed E-state index contributed by atoms with van der Waals surface area (Å²) in [4.78, 5) is 6.72. The Morgan fingerprint density at radius 3 is 2.83 bits per heavy atom. The second-order valence-corrected chi connectivity index (χ2v) is 6.07. The molecule has 2 N–H and O–H groups in total. The fourth-order valence-corrected chi connectivity index (χ4v) is 2.35. The van der Waals surface area contributed by atoms with Gasteiger partial charge in [0.1, 0.15) is 0 Å². The van der Waals surface area contributed by atoms with E-state index in [-0.39, 0.29) is 0 Å². The summed E-state index contributed by atoms with van der Waals surface area (Å²) in [6, 6.07) is 6.79. The van der Waals surface area contributed by atoms with Crippen LogP contribution in [0.25, 0.3) is 11.0 Å². The molecule has 4 nitrogen and oxygen atoms in total. The van der Waals surface area contributed by atoms with Gasteiger partial charge in [-0.1, -0.05) is 0 Å². The second-order valence-electron chi connectivity index (χ2n) is 4.83. The molecule has 0 saturated heterocycles. The molecule has 2 rings (SSSR count). The van der Waals surface area contributed by atoms with E-state index < -0.39 is 0 Å². The van der Waals surface area contributed by atoms with Gasteiger partial charge in [0.25, 0.3) is 0 Å². The lowest BCUT2D eigenvalue weighted by Crippen LogP contribution is -2.29. The minimum Gasteiger partial charge on any atom is -0.369 e. The number of fused-ring (bicyclic) bond motifs is 1. The number of nitrogens with two attached hydrogens (primary N) is 1. The predicted molar refractivity (Wildman–Crippen MR) is 84.6 cm³/mol. The molecule has 0 amide bonds. The number of aromatic nitrogens is 2. The minimum atomic E-state index is 0.543. The molecule has 0 bridgehead atoms. The van der Waals surface area contributed by atoms with Gasteiger partial charge in [0.15, 0.2) is 0 Å². The molecule has 98 valence electrons. The third-order valence-corrected chi connectivity index (χ3v) is 3.97. The van der Waals surface area contributed by atoms with E-state index in [4.69, 9.17) is 5.73 Å². The van der Waals surface area contributed by atoms with Gasteiger partial charge in [0, 0.05) is 22.7 Å². The monoisotopic (exact) mass is 358 g/mol. The molecule has 18 heavy (non-hydrogen) atoms. The number of likely N-dealkylation sites (N-methyl/N-ethyl adjacent to an activating group) is 1. The Bertz CT molecular complexity index is 547. The summed E-state index contributed by atoms with van der Waals surface area (Å²) in [5, 5.41) is 0. The smallest absolute Gasteiger partial charge is 0.201 e. The summed E-state index contributed by atoms with van der Waals surface area (Å²) in [5.74, 6) is 0.601. The number of nitrogen functional groups attached to an aromatic ring is 1. The molecule has 0 aliphatic rings. The van der Waals surface area contributed by atoms with Crippen LogP contribution in [0.1, 0.15) is 13.8 Å². The first-order chi connectivity index (χ1) is 8.49. The first-order valence-corrected chi connectivity index (χ1v) is 7.18. The van der Waals surface area contributed by atoms with Crippen LogP contribution in [0.4, 0.5) is 5.95 Å². The summed E-state index contributed by atoms with van der Waals surface area (Å²) in [5.41, 5.74) is 8.09. The van der Waals surface area contributed by atoms with Crippen LogP contribution >= 0.6 is 22.6 Å². The Morgan fingerprint density at radius 2 is 2.17 bits per heavy atom. The fraction of sp³-hybridized carbons (Fsp3) is 0.462. The molecule has 0 atom stereocenters. The molecule has 5 heteroatoms. The number of hydrogen-bond acceptors (Lipinski definition) is 3. The Kier molecular flexibility index (Phi) is 4.11. The van der Waals surface area contributed by atoms with Gasteiger partial charge < -0.3 is 15.2 Å². The van der Waals surface area contributed by atoms with Crippen LogP contribution in [0.15, 0.2) is 18.2 Å². The van der Waals surface area contributed by atoms with Crippen LogP contribution in [-0.2, 0) is 6.54 Å². The first-order valence-electron chi connectivity index (χ1n) is 6.10. The van der Waals surface area contributed by atoms with Crippen molar-refractivity contribution in [3.63, 3.8) is 0 Å². The Morgan fingerprint density at radius 1 is 1.44 bits per heavy atom. The molecule has 0 spiro atoms. The average Bonchev–Trinajstić information content (AvgIpc) is 2.60. The molecule has 1 heterocycles. The molecule has 0 radical (unpaired) electrons.